The van der Waals surface area contributed by atoms with Crippen LogP contribution in [0, 0.1) is 0 Å². The van der Waals surface area contributed by atoms with Crippen LogP contribution in [0.5, 0.6) is 0 Å². The summed E-state index contributed by atoms with van der Waals surface area (Å²) < 4.78 is 15.5. The molecule has 22 heavy (non-hydrogen) atoms. The molecule has 0 bridgehead atoms. The van der Waals surface area contributed by atoms with Crippen molar-refractivity contribution >= 4 is 17.7 Å². The molecule has 1 rings (SSSR count). The Bertz CT molecular complexity index is 463. The van der Waals surface area contributed by atoms with Crippen molar-refractivity contribution in [2.75, 3.05) is 26.8 Å². The lowest BCUT2D eigenvalue weighted by atomic mass is 10.2. The number of esters is 1. The van der Waals surface area contributed by atoms with E-state index in [0.29, 0.717) is 5.90 Å². The molecule has 0 amide bonds. The number of amidine groups is 1. The molecule has 1 fully saturated rings. The van der Waals surface area contributed by atoms with Gasteiger partial charge in [0.05, 0.1) is 24.9 Å². The fraction of sp³-hybridized carbons (Fsp3) is 0.667. The number of hydrogen-bond acceptors (Lipinski definition) is 6. The predicted octanol–water partition coefficient (Wildman–Crippen LogP) is 1.59. The second-order valence-corrected chi connectivity index (χ2v) is 5.31. The summed E-state index contributed by atoms with van der Waals surface area (Å²) in [7, 11) is 1.30. The van der Waals surface area contributed by atoms with Crippen molar-refractivity contribution in [3.8, 4) is 0 Å². The number of carbonyl (C=O) groups excluding carboxylic acids is 1. The normalized spacial score (nSPS) is 23.2. The Morgan fingerprint density at radius 2 is 1.86 bits per heavy atom. The van der Waals surface area contributed by atoms with E-state index in [1.165, 1.54) is 7.11 Å². The number of carbonyl (C=O) groups is 1. The minimum absolute atomic E-state index is 0.0300. The molecule has 7 nitrogen and oxygen atoms in total. The molecule has 2 unspecified atom stereocenters. The van der Waals surface area contributed by atoms with E-state index < -0.39 is 5.97 Å². The molecule has 0 N–H and O–H groups in total. The predicted molar refractivity (Wildman–Crippen MR) is 84.9 cm³/mol. The number of rotatable bonds is 4. The highest BCUT2D eigenvalue weighted by molar-refractivity contribution is 5.88. The van der Waals surface area contributed by atoms with Gasteiger partial charge >= 0.3 is 5.97 Å². The van der Waals surface area contributed by atoms with E-state index in [1.807, 2.05) is 20.8 Å². The first-order valence-electron chi connectivity index (χ1n) is 7.21. The summed E-state index contributed by atoms with van der Waals surface area (Å²) in [5, 5.41) is 8.18. The number of ether oxygens (including phenoxy) is 3. The highest BCUT2D eigenvalue weighted by Crippen LogP contribution is 2.11. The van der Waals surface area contributed by atoms with Crippen LogP contribution in [0.3, 0.4) is 0 Å². The fourth-order valence-electron chi connectivity index (χ4n) is 2.07. The Labute approximate surface area is 131 Å². The summed E-state index contributed by atoms with van der Waals surface area (Å²) in [4.78, 5) is 13.3. The second kappa shape index (κ2) is 8.53. The lowest BCUT2D eigenvalue weighted by Crippen LogP contribution is -2.47. The van der Waals surface area contributed by atoms with E-state index in [4.69, 9.17) is 9.47 Å². The van der Waals surface area contributed by atoms with Crippen LogP contribution in [0.15, 0.2) is 22.4 Å². The van der Waals surface area contributed by atoms with Crippen molar-refractivity contribution in [1.29, 1.82) is 0 Å². The van der Waals surface area contributed by atoms with Gasteiger partial charge in [0.15, 0.2) is 0 Å². The maximum Gasteiger partial charge on any atom is 0.336 e. The topological polar surface area (TPSA) is 72.7 Å². The van der Waals surface area contributed by atoms with Crippen LogP contribution in [0.4, 0.5) is 0 Å². The Hall–Kier alpha value is -1.89. The highest BCUT2D eigenvalue weighted by atomic mass is 16.5. The van der Waals surface area contributed by atoms with E-state index in [-0.39, 0.29) is 24.4 Å². The summed E-state index contributed by atoms with van der Waals surface area (Å²) in [5.41, 5.74) is 0.230. The van der Waals surface area contributed by atoms with Crippen LogP contribution in [0.2, 0.25) is 0 Å². The van der Waals surface area contributed by atoms with Gasteiger partial charge in [0.1, 0.15) is 12.4 Å². The van der Waals surface area contributed by atoms with E-state index >= 15 is 0 Å². The van der Waals surface area contributed by atoms with Gasteiger partial charge in [0.2, 0.25) is 5.90 Å². The molecular weight excluding hydrogens is 286 g/mol. The Morgan fingerprint density at radius 1 is 1.27 bits per heavy atom. The average molecular weight is 311 g/mol. The summed E-state index contributed by atoms with van der Waals surface area (Å²) in [5.74, 6) is 0.666. The van der Waals surface area contributed by atoms with Gasteiger partial charge in [0, 0.05) is 20.0 Å². The minimum Gasteiger partial charge on any atom is -0.475 e. The molecule has 1 saturated heterocycles. The molecule has 0 spiro atoms. The molecule has 0 radical (unpaired) electrons. The average Bonchev–Trinajstić information content (AvgIpc) is 2.48. The van der Waals surface area contributed by atoms with E-state index in [1.54, 1.807) is 6.92 Å². The van der Waals surface area contributed by atoms with Crippen molar-refractivity contribution in [2.45, 2.75) is 39.9 Å². The smallest absolute Gasteiger partial charge is 0.336 e. The Morgan fingerprint density at radius 3 is 2.41 bits per heavy atom. The third-order valence-corrected chi connectivity index (χ3v) is 3.14. The number of hydrogen-bond donors (Lipinski definition) is 0. The number of morpholine rings is 1. The number of nitrogens with zero attached hydrogens (tertiary/aromatic N) is 3. The monoisotopic (exact) mass is 311 g/mol. The largest absolute Gasteiger partial charge is 0.475 e. The Kier molecular flexibility index (Phi) is 7.04. The van der Waals surface area contributed by atoms with Crippen molar-refractivity contribution < 1.29 is 19.0 Å². The maximum absolute atomic E-state index is 11.2. The first-order chi connectivity index (χ1) is 10.3. The zero-order valence-corrected chi connectivity index (χ0v) is 14.0. The van der Waals surface area contributed by atoms with Gasteiger partial charge in [0.25, 0.3) is 0 Å². The highest BCUT2D eigenvalue weighted by Gasteiger charge is 2.22. The van der Waals surface area contributed by atoms with Gasteiger partial charge in [-0.25, -0.2) is 4.79 Å². The first kappa shape index (κ1) is 18.2. The molecule has 124 valence electrons. The minimum atomic E-state index is -0.497. The van der Waals surface area contributed by atoms with E-state index in [2.05, 4.69) is 26.4 Å². The quantitative estimate of drug-likeness (QED) is 0.259. The van der Waals surface area contributed by atoms with Crippen LogP contribution >= 0.6 is 0 Å². The lowest BCUT2D eigenvalue weighted by molar-refractivity contribution is -0.136. The maximum atomic E-state index is 11.2. The van der Waals surface area contributed by atoms with E-state index in [9.17, 15) is 4.79 Å². The zero-order chi connectivity index (χ0) is 16.7. The molecule has 7 heteroatoms. The van der Waals surface area contributed by atoms with Gasteiger partial charge in [-0.1, -0.05) is 6.58 Å². The van der Waals surface area contributed by atoms with Gasteiger partial charge in [-0.05, 0) is 20.8 Å². The van der Waals surface area contributed by atoms with E-state index in [0.717, 1.165) is 18.9 Å². The standard InChI is InChI=1S/C15H25N3O4/c1-10(15(19)20-6)9-21-14(5)17-16-13(4)18-7-11(2)22-12(3)8-18/h11-12H,1,7-9H2,2-6H3/b16-13+,17-14+. The third-order valence-electron chi connectivity index (χ3n) is 3.14. The summed E-state index contributed by atoms with van der Waals surface area (Å²) in [6.45, 7) is 12.8. The molecule has 0 aliphatic carbocycles. The Balaban J connectivity index is 2.53. The molecule has 0 aromatic heterocycles. The van der Waals surface area contributed by atoms with Crippen molar-refractivity contribution in [1.82, 2.24) is 4.90 Å². The molecule has 0 aromatic rings. The SMILES string of the molecule is C=C(CO/C(C)=N/N=C(\C)N1CC(C)OC(C)C1)C(=O)OC. The first-order valence-corrected chi connectivity index (χ1v) is 7.21. The third kappa shape index (κ3) is 5.85. The molecule has 1 aliphatic rings. The summed E-state index contributed by atoms with van der Waals surface area (Å²) in [6, 6.07) is 0. The fourth-order valence-corrected chi connectivity index (χ4v) is 2.07. The van der Waals surface area contributed by atoms with Crippen LogP contribution in [-0.2, 0) is 19.0 Å². The molecule has 1 aliphatic heterocycles. The van der Waals surface area contributed by atoms with Crippen LogP contribution in [-0.4, -0.2) is 61.6 Å². The molecule has 0 aromatic carbocycles. The second-order valence-electron chi connectivity index (χ2n) is 5.31. The van der Waals surface area contributed by atoms with Gasteiger partial charge < -0.3 is 19.1 Å². The number of methoxy groups -OCH3 is 1. The van der Waals surface area contributed by atoms with Crippen LogP contribution in [0.1, 0.15) is 27.7 Å². The van der Waals surface area contributed by atoms with Crippen molar-refractivity contribution in [2.24, 2.45) is 10.2 Å². The van der Waals surface area contributed by atoms with Crippen LogP contribution < -0.4 is 0 Å². The van der Waals surface area contributed by atoms with Gasteiger partial charge in [-0.2, -0.15) is 0 Å². The van der Waals surface area contributed by atoms with Gasteiger partial charge in [-0.3, -0.25) is 0 Å². The molecular formula is C15H25N3O4. The lowest BCUT2D eigenvalue weighted by Gasteiger charge is -2.36. The summed E-state index contributed by atoms with van der Waals surface area (Å²) in [6.07, 6.45) is 0.331. The molecule has 0 saturated carbocycles. The molecule has 2 atom stereocenters. The van der Waals surface area contributed by atoms with Gasteiger partial charge in [-0.15, -0.1) is 10.2 Å². The van der Waals surface area contributed by atoms with Crippen molar-refractivity contribution in [3.63, 3.8) is 0 Å². The van der Waals surface area contributed by atoms with Crippen molar-refractivity contribution in [3.05, 3.63) is 12.2 Å². The summed E-state index contributed by atoms with van der Waals surface area (Å²) >= 11 is 0. The van der Waals surface area contributed by atoms with Crippen LogP contribution in [0.25, 0.3) is 0 Å². The zero-order valence-electron chi connectivity index (χ0n) is 14.0. The molecule has 1 heterocycles.